The van der Waals surface area contributed by atoms with Crippen LogP contribution in [0.1, 0.15) is 12.5 Å². The molecular formula is C14H20N4O3. The number of ether oxygens (including phenoxy) is 1. The van der Waals surface area contributed by atoms with E-state index in [1.54, 1.807) is 20.4 Å². The quantitative estimate of drug-likeness (QED) is 0.799. The molecule has 7 heteroatoms. The van der Waals surface area contributed by atoms with Gasteiger partial charge in [0.05, 0.1) is 12.3 Å². The fourth-order valence-corrected chi connectivity index (χ4v) is 2.32. The zero-order valence-electron chi connectivity index (χ0n) is 12.8. The topological polar surface area (TPSA) is 78.2 Å². The third-order valence-corrected chi connectivity index (χ3v) is 3.54. The molecule has 0 aliphatic carbocycles. The van der Waals surface area contributed by atoms with Crippen molar-refractivity contribution in [2.75, 3.05) is 25.6 Å². The Balaban J connectivity index is 2.79. The van der Waals surface area contributed by atoms with E-state index in [1.165, 1.54) is 11.6 Å². The van der Waals surface area contributed by atoms with Crippen molar-refractivity contribution in [1.82, 2.24) is 14.1 Å². The molecule has 0 unspecified atom stereocenters. The third kappa shape index (κ3) is 2.56. The van der Waals surface area contributed by atoms with Crippen molar-refractivity contribution in [3.63, 3.8) is 0 Å². The minimum atomic E-state index is -0.382. The van der Waals surface area contributed by atoms with Crippen molar-refractivity contribution >= 4 is 16.7 Å². The lowest BCUT2D eigenvalue weighted by atomic mass is 10.1. The lowest BCUT2D eigenvalue weighted by Gasteiger charge is -2.15. The number of aromatic nitrogens is 3. The number of nitrogens with zero attached hydrogens (tertiary/aromatic N) is 3. The predicted octanol–water partition coefficient (Wildman–Crippen LogP) is 0.253. The zero-order valence-corrected chi connectivity index (χ0v) is 12.8. The molecule has 0 atom stereocenters. The van der Waals surface area contributed by atoms with Gasteiger partial charge in [0.1, 0.15) is 5.39 Å². The molecular weight excluding hydrogens is 272 g/mol. The molecule has 0 fully saturated rings. The summed E-state index contributed by atoms with van der Waals surface area (Å²) >= 11 is 0. The van der Waals surface area contributed by atoms with Crippen LogP contribution in [0.5, 0.6) is 0 Å². The summed E-state index contributed by atoms with van der Waals surface area (Å²) in [6, 6.07) is 0. The number of rotatable bonds is 5. The van der Waals surface area contributed by atoms with E-state index in [4.69, 9.17) is 4.74 Å². The van der Waals surface area contributed by atoms with Crippen LogP contribution in [0.15, 0.2) is 15.8 Å². The Morgan fingerprint density at radius 3 is 2.62 bits per heavy atom. The van der Waals surface area contributed by atoms with E-state index in [2.05, 4.69) is 10.3 Å². The number of hydrogen-bond acceptors (Lipinski definition) is 5. The van der Waals surface area contributed by atoms with Gasteiger partial charge in [0.25, 0.3) is 5.56 Å². The highest BCUT2D eigenvalue weighted by Crippen LogP contribution is 2.22. The van der Waals surface area contributed by atoms with E-state index in [1.807, 2.05) is 6.92 Å². The van der Waals surface area contributed by atoms with Gasteiger partial charge in [0.15, 0.2) is 5.65 Å². The van der Waals surface area contributed by atoms with Gasteiger partial charge in [-0.05, 0) is 12.0 Å². The highest BCUT2D eigenvalue weighted by atomic mass is 16.5. The molecule has 0 aliphatic heterocycles. The molecule has 0 saturated heterocycles. The van der Waals surface area contributed by atoms with Gasteiger partial charge in [-0.1, -0.05) is 6.92 Å². The van der Waals surface area contributed by atoms with Gasteiger partial charge in [-0.25, -0.2) is 9.78 Å². The summed E-state index contributed by atoms with van der Waals surface area (Å²) in [7, 11) is 4.71. The van der Waals surface area contributed by atoms with Crippen molar-refractivity contribution in [1.29, 1.82) is 0 Å². The number of fused-ring (bicyclic) bond motifs is 1. The van der Waals surface area contributed by atoms with Gasteiger partial charge in [-0.2, -0.15) is 0 Å². The van der Waals surface area contributed by atoms with E-state index in [0.29, 0.717) is 24.2 Å². The van der Waals surface area contributed by atoms with Crippen LogP contribution in [-0.4, -0.2) is 34.4 Å². The van der Waals surface area contributed by atoms with Gasteiger partial charge < -0.3 is 10.1 Å². The molecule has 7 nitrogen and oxygen atoms in total. The van der Waals surface area contributed by atoms with Crippen LogP contribution in [0.3, 0.4) is 0 Å². The minimum absolute atomic E-state index is 0.337. The minimum Gasteiger partial charge on any atom is -0.383 e. The Bertz CT molecular complexity index is 776. The molecule has 0 saturated carbocycles. The summed E-state index contributed by atoms with van der Waals surface area (Å²) in [4.78, 5) is 28.7. The maximum atomic E-state index is 12.5. The van der Waals surface area contributed by atoms with E-state index in [0.717, 1.165) is 22.2 Å². The van der Waals surface area contributed by atoms with Gasteiger partial charge in [0.2, 0.25) is 0 Å². The Hall–Kier alpha value is -2.15. The summed E-state index contributed by atoms with van der Waals surface area (Å²) < 4.78 is 7.52. The Morgan fingerprint density at radius 2 is 2.00 bits per heavy atom. The molecule has 1 N–H and O–H groups in total. The smallest absolute Gasteiger partial charge is 0.332 e. The average molecular weight is 292 g/mol. The molecule has 0 radical (unpaired) electrons. The lowest BCUT2D eigenvalue weighted by molar-refractivity contribution is 0.211. The van der Waals surface area contributed by atoms with E-state index >= 15 is 0 Å². The average Bonchev–Trinajstić information content (AvgIpc) is 2.50. The van der Waals surface area contributed by atoms with Crippen molar-refractivity contribution in [2.45, 2.75) is 13.3 Å². The van der Waals surface area contributed by atoms with Crippen LogP contribution in [0.25, 0.3) is 11.0 Å². The van der Waals surface area contributed by atoms with Crippen molar-refractivity contribution in [2.24, 2.45) is 14.1 Å². The Morgan fingerprint density at radius 1 is 1.29 bits per heavy atom. The fourth-order valence-electron chi connectivity index (χ4n) is 2.32. The first-order valence-corrected chi connectivity index (χ1v) is 6.83. The van der Waals surface area contributed by atoms with Crippen molar-refractivity contribution in [3.8, 4) is 0 Å². The summed E-state index contributed by atoms with van der Waals surface area (Å²) in [5.74, 6) is 0. The Labute approximate surface area is 122 Å². The second kappa shape index (κ2) is 6.09. The first-order chi connectivity index (χ1) is 10.0. The van der Waals surface area contributed by atoms with Crippen LogP contribution in [0.4, 0.5) is 5.69 Å². The molecule has 114 valence electrons. The molecule has 2 aromatic heterocycles. The molecule has 2 heterocycles. The highest BCUT2D eigenvalue weighted by Gasteiger charge is 2.16. The molecule has 0 aromatic carbocycles. The van der Waals surface area contributed by atoms with Crippen LogP contribution in [0, 0.1) is 0 Å². The van der Waals surface area contributed by atoms with Gasteiger partial charge in [-0.15, -0.1) is 0 Å². The molecule has 2 rings (SSSR count). The van der Waals surface area contributed by atoms with E-state index < -0.39 is 0 Å². The van der Waals surface area contributed by atoms with E-state index in [9.17, 15) is 9.59 Å². The summed E-state index contributed by atoms with van der Waals surface area (Å²) in [5.41, 5.74) is 1.34. The lowest BCUT2D eigenvalue weighted by Crippen LogP contribution is -2.37. The standard InChI is InChI=1S/C14H20N4O3/c1-5-9-8-16-12-10(11(9)15-6-7-21-4)13(19)18(3)14(20)17(12)2/h8H,5-7H2,1-4H3,(H,15,16). The first-order valence-electron chi connectivity index (χ1n) is 6.83. The van der Waals surface area contributed by atoms with Gasteiger partial charge >= 0.3 is 5.69 Å². The maximum absolute atomic E-state index is 12.5. The monoisotopic (exact) mass is 292 g/mol. The van der Waals surface area contributed by atoms with Crippen molar-refractivity contribution < 1.29 is 4.74 Å². The number of pyridine rings is 1. The number of aryl methyl sites for hydroxylation is 2. The summed E-state index contributed by atoms with van der Waals surface area (Å²) in [6.07, 6.45) is 2.45. The predicted molar refractivity (Wildman–Crippen MR) is 82.0 cm³/mol. The fraction of sp³-hybridized carbons (Fsp3) is 0.500. The van der Waals surface area contributed by atoms with Gasteiger partial charge in [0, 0.05) is 33.9 Å². The molecule has 2 aromatic rings. The number of hydrogen-bond donors (Lipinski definition) is 1. The zero-order chi connectivity index (χ0) is 15.6. The maximum Gasteiger partial charge on any atom is 0.332 e. The van der Waals surface area contributed by atoms with E-state index in [-0.39, 0.29) is 11.2 Å². The summed E-state index contributed by atoms with van der Waals surface area (Å²) in [5, 5.41) is 3.67. The third-order valence-electron chi connectivity index (χ3n) is 3.54. The van der Waals surface area contributed by atoms with Crippen molar-refractivity contribution in [3.05, 3.63) is 32.6 Å². The Kier molecular flexibility index (Phi) is 4.42. The normalized spacial score (nSPS) is 11.0. The molecule has 0 spiro atoms. The van der Waals surface area contributed by atoms with Crippen LogP contribution < -0.4 is 16.6 Å². The van der Waals surface area contributed by atoms with Crippen LogP contribution in [-0.2, 0) is 25.3 Å². The SMILES string of the molecule is CCc1cnc2c(c1NCCOC)c(=O)n(C)c(=O)n2C. The second-order valence-corrected chi connectivity index (χ2v) is 4.84. The molecule has 0 aliphatic rings. The molecule has 21 heavy (non-hydrogen) atoms. The largest absolute Gasteiger partial charge is 0.383 e. The molecule has 0 bridgehead atoms. The van der Waals surface area contributed by atoms with Crippen LogP contribution in [0.2, 0.25) is 0 Å². The first kappa shape index (κ1) is 15.2. The molecule has 0 amide bonds. The summed E-state index contributed by atoms with van der Waals surface area (Å²) in [6.45, 7) is 3.10. The number of nitrogens with one attached hydrogen (secondary N) is 1. The second-order valence-electron chi connectivity index (χ2n) is 4.84. The highest BCUT2D eigenvalue weighted by molar-refractivity contribution is 5.90. The van der Waals surface area contributed by atoms with Crippen LogP contribution >= 0.6 is 0 Å². The van der Waals surface area contributed by atoms with Gasteiger partial charge in [-0.3, -0.25) is 13.9 Å². The number of methoxy groups -OCH3 is 1. The number of anilines is 1.